The fourth-order valence-electron chi connectivity index (χ4n) is 0.811. The third kappa shape index (κ3) is 5.78. The molecule has 0 radical (unpaired) electrons. The van der Waals surface area contributed by atoms with Crippen molar-refractivity contribution in [2.45, 2.75) is 11.1 Å². The molecule has 20 heavy (non-hydrogen) atoms. The molecule has 0 spiro atoms. The Morgan fingerprint density at radius 3 is 0.700 bits per heavy atom. The van der Waals surface area contributed by atoms with Crippen molar-refractivity contribution >= 4 is 23.9 Å². The van der Waals surface area contributed by atoms with Crippen LogP contribution >= 0.6 is 0 Å². The minimum Gasteiger partial charge on any atom is -0.548 e. The quantitative estimate of drug-likeness (QED) is 0.359. The van der Waals surface area contributed by atoms with Gasteiger partial charge in [-0.15, -0.1) is 0 Å². The molecule has 0 unspecified atom stereocenters. The van der Waals surface area contributed by atoms with Gasteiger partial charge >= 0.3 is 118 Å². The van der Waals surface area contributed by atoms with Crippen LogP contribution in [0.5, 0.6) is 0 Å². The monoisotopic (exact) mass is 324 g/mol. The summed E-state index contributed by atoms with van der Waals surface area (Å²) in [4.78, 5) is 41.6. The molecule has 0 aromatic heterocycles. The SMILES string of the molecule is NC(C(=O)[O-])(C(=O)[O-])C(N)(C(=O)[O-])C(=O)[O-].[Na+].[Na+].[Na+].[Na+]. The van der Waals surface area contributed by atoms with Crippen LogP contribution in [-0.4, -0.2) is 35.0 Å². The summed E-state index contributed by atoms with van der Waals surface area (Å²) in [5, 5.41) is 41.6. The van der Waals surface area contributed by atoms with Crippen molar-refractivity contribution in [3.05, 3.63) is 0 Å². The zero-order chi connectivity index (χ0) is 13.3. The summed E-state index contributed by atoms with van der Waals surface area (Å²) in [5.41, 5.74) is 1.07. The molecule has 0 saturated carbocycles. The van der Waals surface area contributed by atoms with Crippen LogP contribution < -0.4 is 150 Å². The van der Waals surface area contributed by atoms with Crippen molar-refractivity contribution in [2.24, 2.45) is 11.5 Å². The Bertz CT molecular complexity index is 325. The molecule has 0 aliphatic carbocycles. The summed E-state index contributed by atoms with van der Waals surface area (Å²) in [6.45, 7) is 0. The Balaban J connectivity index is -0.000000187. The Morgan fingerprint density at radius 2 is 0.650 bits per heavy atom. The molecule has 0 atom stereocenters. The molecule has 0 fully saturated rings. The number of carbonyl (C=O) groups is 4. The van der Waals surface area contributed by atoms with Crippen molar-refractivity contribution in [1.82, 2.24) is 0 Å². The van der Waals surface area contributed by atoms with Crippen molar-refractivity contribution in [2.75, 3.05) is 0 Å². The Morgan fingerprint density at radius 1 is 0.550 bits per heavy atom. The molecule has 0 bridgehead atoms. The van der Waals surface area contributed by atoms with E-state index in [0.29, 0.717) is 0 Å². The molecule has 10 nitrogen and oxygen atoms in total. The summed E-state index contributed by atoms with van der Waals surface area (Å²) in [5.74, 6) is -11.1. The van der Waals surface area contributed by atoms with Crippen LogP contribution in [0.1, 0.15) is 0 Å². The molecule has 0 heterocycles. The maximum absolute atomic E-state index is 10.4. The van der Waals surface area contributed by atoms with Crippen LogP contribution in [0.15, 0.2) is 0 Å². The third-order valence-electron chi connectivity index (χ3n) is 1.91. The van der Waals surface area contributed by atoms with E-state index in [4.69, 9.17) is 0 Å². The number of carboxylic acid groups (broad SMARTS) is 4. The van der Waals surface area contributed by atoms with Gasteiger partial charge in [0, 0.05) is 0 Å². The number of hydrogen-bond acceptors (Lipinski definition) is 10. The predicted octanol–water partition coefficient (Wildman–Crippen LogP) is -20.6. The molecule has 0 aliphatic heterocycles. The van der Waals surface area contributed by atoms with E-state index in [1.54, 1.807) is 0 Å². The van der Waals surface area contributed by atoms with Crippen LogP contribution in [0.3, 0.4) is 0 Å². The largest absolute Gasteiger partial charge is 1.00 e. The summed E-state index contributed by atoms with van der Waals surface area (Å²) in [6.07, 6.45) is 0. The smallest absolute Gasteiger partial charge is 0.548 e. The second kappa shape index (κ2) is 12.3. The van der Waals surface area contributed by atoms with E-state index in [1.807, 2.05) is 0 Å². The first-order valence-corrected chi connectivity index (χ1v) is 3.46. The van der Waals surface area contributed by atoms with Crippen molar-refractivity contribution in [1.29, 1.82) is 0 Å². The standard InChI is InChI=1S/C6H8N2O8.4Na/c7-5(1(9)10,2(11)12)6(8,3(13)14)4(15)16;;;;/h7-8H2,(H,9,10)(H,11,12)(H,13,14)(H,15,16);;;;/q;4*+1/p-4. The molecule has 4 N–H and O–H groups in total. The number of nitrogens with two attached hydrogens (primary N) is 2. The van der Waals surface area contributed by atoms with Gasteiger partial charge in [-0.25, -0.2) is 0 Å². The molecule has 90 valence electrons. The predicted molar refractivity (Wildman–Crippen MR) is 33.9 cm³/mol. The molecule has 0 aliphatic rings. The summed E-state index contributed by atoms with van der Waals surface area (Å²) in [7, 11) is 0. The zero-order valence-electron chi connectivity index (χ0n) is 11.4. The molecule has 0 amide bonds. The summed E-state index contributed by atoms with van der Waals surface area (Å²) >= 11 is 0. The van der Waals surface area contributed by atoms with Crippen molar-refractivity contribution in [3.63, 3.8) is 0 Å². The van der Waals surface area contributed by atoms with E-state index in [1.165, 1.54) is 0 Å². The summed E-state index contributed by atoms with van der Waals surface area (Å²) < 4.78 is 0. The number of aliphatic carboxylic acids is 4. The van der Waals surface area contributed by atoms with Crippen LogP contribution in [0, 0.1) is 0 Å². The van der Waals surface area contributed by atoms with E-state index in [9.17, 15) is 39.6 Å². The van der Waals surface area contributed by atoms with Gasteiger partial charge in [0.2, 0.25) is 0 Å². The molecule has 0 aromatic carbocycles. The fourth-order valence-corrected chi connectivity index (χ4v) is 0.811. The van der Waals surface area contributed by atoms with Gasteiger partial charge in [-0.05, 0) is 0 Å². The molecule has 0 aromatic rings. The van der Waals surface area contributed by atoms with Gasteiger partial charge in [0.1, 0.15) is 11.1 Å². The minimum atomic E-state index is -4.04. The molecular weight excluding hydrogens is 320 g/mol. The average molecular weight is 324 g/mol. The zero-order valence-corrected chi connectivity index (χ0v) is 19.4. The van der Waals surface area contributed by atoms with Crippen LogP contribution in [0.4, 0.5) is 0 Å². The number of hydrogen-bond donors (Lipinski definition) is 2. The van der Waals surface area contributed by atoms with Gasteiger partial charge in [0.15, 0.2) is 0 Å². The Kier molecular flexibility index (Phi) is 20.5. The van der Waals surface area contributed by atoms with E-state index in [2.05, 4.69) is 11.5 Å². The number of carbonyl (C=O) groups excluding carboxylic acids is 4. The first-order valence-electron chi connectivity index (χ1n) is 3.46. The fraction of sp³-hybridized carbons (Fsp3) is 0.333. The van der Waals surface area contributed by atoms with Gasteiger partial charge in [0.25, 0.3) is 0 Å². The number of rotatable bonds is 5. The molecular formula is C6H4N2Na4O8. The normalized spacial score (nSPS) is 9.50. The average Bonchev–Trinajstić information content (AvgIpc) is 2.13. The topological polar surface area (TPSA) is 213 Å². The van der Waals surface area contributed by atoms with Gasteiger partial charge in [-0.1, -0.05) is 0 Å². The molecule has 0 rings (SSSR count). The second-order valence-electron chi connectivity index (χ2n) is 2.77. The first kappa shape index (κ1) is 33.4. The van der Waals surface area contributed by atoms with E-state index < -0.39 is 35.0 Å². The Hall–Kier alpha value is 1.80. The molecule has 0 saturated heterocycles. The van der Waals surface area contributed by atoms with E-state index in [0.717, 1.165) is 0 Å². The molecule has 14 heteroatoms. The van der Waals surface area contributed by atoms with E-state index >= 15 is 0 Å². The van der Waals surface area contributed by atoms with Crippen LogP contribution in [0.2, 0.25) is 0 Å². The maximum atomic E-state index is 10.4. The van der Waals surface area contributed by atoms with Gasteiger partial charge < -0.3 is 51.1 Å². The number of carboxylic acids is 4. The third-order valence-corrected chi connectivity index (χ3v) is 1.91. The Labute approximate surface area is 201 Å². The van der Waals surface area contributed by atoms with Crippen molar-refractivity contribution in [3.8, 4) is 0 Å². The first-order chi connectivity index (χ1) is 7.02. The van der Waals surface area contributed by atoms with Gasteiger partial charge in [0.05, 0.1) is 23.9 Å². The van der Waals surface area contributed by atoms with E-state index in [-0.39, 0.29) is 118 Å². The van der Waals surface area contributed by atoms with Crippen LogP contribution in [0.25, 0.3) is 0 Å². The summed E-state index contributed by atoms with van der Waals surface area (Å²) in [6, 6.07) is 0. The maximum Gasteiger partial charge on any atom is 1.00 e. The van der Waals surface area contributed by atoms with Gasteiger partial charge in [-0.2, -0.15) is 0 Å². The minimum absolute atomic E-state index is 0. The second-order valence-corrected chi connectivity index (χ2v) is 2.77. The van der Waals surface area contributed by atoms with Crippen LogP contribution in [-0.2, 0) is 19.2 Å². The van der Waals surface area contributed by atoms with Gasteiger partial charge in [-0.3, -0.25) is 0 Å². The van der Waals surface area contributed by atoms with Crippen molar-refractivity contribution < 1.29 is 158 Å².